The summed E-state index contributed by atoms with van der Waals surface area (Å²) in [6.45, 7) is 0.170. The lowest BCUT2D eigenvalue weighted by atomic mass is 10.1. The number of nitrogens with zero attached hydrogens (tertiary/aromatic N) is 1. The van der Waals surface area contributed by atoms with Crippen molar-refractivity contribution in [3.8, 4) is 0 Å². The van der Waals surface area contributed by atoms with Crippen LogP contribution in [0.2, 0.25) is 0 Å². The minimum atomic E-state index is -3.02. The molecule has 9 heteroatoms. The lowest BCUT2D eigenvalue weighted by molar-refractivity contribution is -0.387. The van der Waals surface area contributed by atoms with E-state index in [1.54, 1.807) is 0 Å². The number of benzene rings is 1. The molecule has 1 aliphatic rings. The number of nitro benzene ring substituents is 1. The van der Waals surface area contributed by atoms with E-state index in [2.05, 4.69) is 5.32 Å². The van der Waals surface area contributed by atoms with Crippen LogP contribution in [0.5, 0.6) is 0 Å². The summed E-state index contributed by atoms with van der Waals surface area (Å²) < 4.78 is 35.7. The summed E-state index contributed by atoms with van der Waals surface area (Å²) in [6, 6.07) is 2.85. The van der Waals surface area contributed by atoms with Gasteiger partial charge in [0.15, 0.2) is 9.84 Å². The molecule has 1 unspecified atom stereocenters. The molecular formula is C12H13FN2O5S. The molecule has 0 spiro atoms. The zero-order valence-corrected chi connectivity index (χ0v) is 11.7. The first-order valence-electron chi connectivity index (χ1n) is 6.21. The fraction of sp³-hybridized carbons (Fsp3) is 0.417. The van der Waals surface area contributed by atoms with Gasteiger partial charge in [-0.2, -0.15) is 4.39 Å². The summed E-state index contributed by atoms with van der Waals surface area (Å²) in [5.74, 6) is -1.64. The molecule has 7 nitrogen and oxygen atoms in total. The fourth-order valence-corrected chi connectivity index (χ4v) is 4.03. The van der Waals surface area contributed by atoms with Crippen LogP contribution in [0.25, 0.3) is 0 Å². The molecule has 0 saturated carbocycles. The van der Waals surface area contributed by atoms with Crippen molar-refractivity contribution in [1.82, 2.24) is 5.32 Å². The van der Waals surface area contributed by atoms with Gasteiger partial charge in [0, 0.05) is 18.2 Å². The zero-order chi connectivity index (χ0) is 15.6. The van der Waals surface area contributed by atoms with Crippen LogP contribution in [0, 0.1) is 21.8 Å². The Morgan fingerprint density at radius 2 is 2.19 bits per heavy atom. The number of amides is 1. The Labute approximate surface area is 120 Å². The third kappa shape index (κ3) is 3.75. The number of hydrogen-bond acceptors (Lipinski definition) is 5. The lowest BCUT2D eigenvalue weighted by Crippen LogP contribution is -2.29. The van der Waals surface area contributed by atoms with Crippen LogP contribution in [0.3, 0.4) is 0 Å². The summed E-state index contributed by atoms with van der Waals surface area (Å²) in [4.78, 5) is 21.5. The van der Waals surface area contributed by atoms with Gasteiger partial charge >= 0.3 is 5.69 Å². The van der Waals surface area contributed by atoms with E-state index < -0.39 is 32.2 Å². The summed E-state index contributed by atoms with van der Waals surface area (Å²) in [7, 11) is -3.02. The van der Waals surface area contributed by atoms with Crippen molar-refractivity contribution in [2.45, 2.75) is 6.42 Å². The Bertz CT molecular complexity index is 689. The number of carbonyl (C=O) groups is 1. The summed E-state index contributed by atoms with van der Waals surface area (Å²) >= 11 is 0. The number of nitrogens with one attached hydrogen (secondary N) is 1. The molecule has 0 radical (unpaired) electrons. The van der Waals surface area contributed by atoms with E-state index in [1.807, 2.05) is 0 Å². The third-order valence-electron chi connectivity index (χ3n) is 3.28. The monoisotopic (exact) mass is 316 g/mol. The first kappa shape index (κ1) is 15.4. The molecule has 1 aromatic carbocycles. The Morgan fingerprint density at radius 1 is 1.48 bits per heavy atom. The summed E-state index contributed by atoms with van der Waals surface area (Å²) in [5, 5.41) is 13.1. The molecule has 1 atom stereocenters. The Kier molecular flexibility index (Phi) is 4.21. The average Bonchev–Trinajstić information content (AvgIpc) is 2.75. The molecule has 0 aliphatic carbocycles. The first-order chi connectivity index (χ1) is 9.78. The van der Waals surface area contributed by atoms with E-state index in [4.69, 9.17) is 0 Å². The van der Waals surface area contributed by atoms with Gasteiger partial charge in [0.25, 0.3) is 5.91 Å². The van der Waals surface area contributed by atoms with Gasteiger partial charge in [-0.1, -0.05) is 0 Å². The minimum Gasteiger partial charge on any atom is -0.352 e. The maximum Gasteiger partial charge on any atom is 0.305 e. The molecule has 0 bridgehead atoms. The molecule has 0 aromatic heterocycles. The third-order valence-corrected chi connectivity index (χ3v) is 5.12. The van der Waals surface area contributed by atoms with Gasteiger partial charge < -0.3 is 5.32 Å². The summed E-state index contributed by atoms with van der Waals surface area (Å²) in [5.41, 5.74) is -0.810. The smallest absolute Gasteiger partial charge is 0.305 e. The van der Waals surface area contributed by atoms with E-state index >= 15 is 0 Å². The van der Waals surface area contributed by atoms with E-state index in [0.29, 0.717) is 6.42 Å². The zero-order valence-electron chi connectivity index (χ0n) is 10.9. The van der Waals surface area contributed by atoms with Crippen molar-refractivity contribution in [2.24, 2.45) is 5.92 Å². The largest absolute Gasteiger partial charge is 0.352 e. The van der Waals surface area contributed by atoms with E-state index in [1.165, 1.54) is 0 Å². The van der Waals surface area contributed by atoms with Crippen molar-refractivity contribution in [1.29, 1.82) is 0 Å². The number of hydrogen-bond donors (Lipinski definition) is 1. The molecule has 2 rings (SSSR count). The molecule has 1 aromatic rings. The molecular weight excluding hydrogens is 303 g/mol. The number of sulfone groups is 1. The standard InChI is InChI=1S/C12H13FN2O5S/c13-10-2-1-9(5-11(10)15(17)18)12(16)14-6-8-3-4-21(19,20)7-8/h1-2,5,8H,3-4,6-7H2,(H,14,16). The number of rotatable bonds is 4. The molecule has 21 heavy (non-hydrogen) atoms. The van der Waals surface area contributed by atoms with Crippen molar-refractivity contribution in [3.05, 3.63) is 39.7 Å². The Hall–Kier alpha value is -2.03. The van der Waals surface area contributed by atoms with Crippen LogP contribution in [-0.4, -0.2) is 37.3 Å². The summed E-state index contributed by atoms with van der Waals surface area (Å²) in [6.07, 6.45) is 0.478. The number of nitro groups is 1. The highest BCUT2D eigenvalue weighted by molar-refractivity contribution is 7.91. The van der Waals surface area contributed by atoms with Crippen LogP contribution in [-0.2, 0) is 9.84 Å². The van der Waals surface area contributed by atoms with Gasteiger partial charge in [0.05, 0.1) is 16.4 Å². The molecule has 1 fully saturated rings. The predicted molar refractivity (Wildman–Crippen MR) is 72.1 cm³/mol. The van der Waals surface area contributed by atoms with Crippen LogP contribution in [0.4, 0.5) is 10.1 Å². The molecule has 1 saturated heterocycles. The quantitative estimate of drug-likeness (QED) is 0.656. The van der Waals surface area contributed by atoms with Crippen molar-refractivity contribution < 1.29 is 22.5 Å². The van der Waals surface area contributed by atoms with E-state index in [0.717, 1.165) is 18.2 Å². The van der Waals surface area contributed by atoms with Gasteiger partial charge in [0.2, 0.25) is 5.82 Å². The Balaban J connectivity index is 2.01. The highest BCUT2D eigenvalue weighted by atomic mass is 32.2. The second-order valence-corrected chi connectivity index (χ2v) is 7.13. The number of carbonyl (C=O) groups excluding carboxylic acids is 1. The van der Waals surface area contributed by atoms with Crippen molar-refractivity contribution in [3.63, 3.8) is 0 Å². The minimum absolute atomic E-state index is 0.0246. The van der Waals surface area contributed by atoms with Crippen LogP contribution in [0.1, 0.15) is 16.8 Å². The predicted octanol–water partition coefficient (Wildman–Crippen LogP) is 0.898. The first-order valence-corrected chi connectivity index (χ1v) is 8.03. The number of halogens is 1. The van der Waals surface area contributed by atoms with Crippen LogP contribution >= 0.6 is 0 Å². The van der Waals surface area contributed by atoms with Gasteiger partial charge in [-0.15, -0.1) is 0 Å². The van der Waals surface area contributed by atoms with Gasteiger partial charge in [-0.3, -0.25) is 14.9 Å². The van der Waals surface area contributed by atoms with Crippen LogP contribution in [0.15, 0.2) is 18.2 Å². The SMILES string of the molecule is O=C(NCC1CCS(=O)(=O)C1)c1ccc(F)c([N+](=O)[O-])c1. The topological polar surface area (TPSA) is 106 Å². The second kappa shape index (κ2) is 5.76. The highest BCUT2D eigenvalue weighted by Crippen LogP contribution is 2.19. The maximum absolute atomic E-state index is 13.2. The van der Waals surface area contributed by atoms with Crippen LogP contribution < -0.4 is 5.32 Å². The fourth-order valence-electron chi connectivity index (χ4n) is 2.17. The second-order valence-electron chi connectivity index (χ2n) is 4.90. The van der Waals surface area contributed by atoms with Gasteiger partial charge in [-0.25, -0.2) is 8.42 Å². The molecule has 1 N–H and O–H groups in total. The lowest BCUT2D eigenvalue weighted by Gasteiger charge is -2.09. The normalized spacial score (nSPS) is 20.1. The van der Waals surface area contributed by atoms with E-state index in [-0.39, 0.29) is 29.5 Å². The molecule has 1 heterocycles. The maximum atomic E-state index is 13.2. The average molecular weight is 316 g/mol. The molecule has 1 amide bonds. The highest BCUT2D eigenvalue weighted by Gasteiger charge is 2.28. The Morgan fingerprint density at radius 3 is 2.76 bits per heavy atom. The van der Waals surface area contributed by atoms with Crippen molar-refractivity contribution >= 4 is 21.4 Å². The molecule has 1 aliphatic heterocycles. The molecule has 114 valence electrons. The van der Waals surface area contributed by atoms with E-state index in [9.17, 15) is 27.7 Å². The van der Waals surface area contributed by atoms with Gasteiger partial charge in [0.1, 0.15) is 0 Å². The van der Waals surface area contributed by atoms with Gasteiger partial charge in [-0.05, 0) is 24.5 Å². The van der Waals surface area contributed by atoms with Crippen molar-refractivity contribution in [2.75, 3.05) is 18.1 Å².